The minimum Gasteiger partial charge on any atom is -0.353 e. The lowest BCUT2D eigenvalue weighted by molar-refractivity contribution is -0.128. The van der Waals surface area contributed by atoms with E-state index >= 15 is 0 Å². The smallest absolute Gasteiger partial charge is 0.224 e. The number of hydrogen-bond donors (Lipinski definition) is 2. The van der Waals surface area contributed by atoms with Gasteiger partial charge in [0, 0.05) is 18.0 Å². The van der Waals surface area contributed by atoms with Crippen molar-refractivity contribution >= 4 is 11.7 Å². The number of carbonyl (C=O) groups is 2. The normalized spacial score (nSPS) is 26.5. The van der Waals surface area contributed by atoms with Crippen LogP contribution >= 0.6 is 0 Å². The first-order valence-corrected chi connectivity index (χ1v) is 7.49. The first kappa shape index (κ1) is 16.2. The van der Waals surface area contributed by atoms with E-state index in [9.17, 15) is 9.59 Å². The van der Waals surface area contributed by atoms with E-state index in [0.29, 0.717) is 0 Å². The second-order valence-corrected chi connectivity index (χ2v) is 5.71. The second-order valence-electron chi connectivity index (χ2n) is 5.71. The van der Waals surface area contributed by atoms with Crippen LogP contribution in [0.25, 0.3) is 0 Å². The van der Waals surface area contributed by atoms with Gasteiger partial charge in [-0.3, -0.25) is 9.59 Å². The molecule has 1 aliphatic carbocycles. The Labute approximate surface area is 116 Å². The minimum absolute atomic E-state index is 0.0469. The Morgan fingerprint density at radius 1 is 1.26 bits per heavy atom. The molecule has 1 fully saturated rings. The molecule has 0 aromatic heterocycles. The molecule has 1 aliphatic rings. The molecule has 0 saturated heterocycles. The zero-order valence-electron chi connectivity index (χ0n) is 12.7. The van der Waals surface area contributed by atoms with Crippen LogP contribution in [0.2, 0.25) is 0 Å². The van der Waals surface area contributed by atoms with Crippen LogP contribution in [0.15, 0.2) is 0 Å². The molecule has 0 spiro atoms. The molecule has 4 nitrogen and oxygen atoms in total. The predicted octanol–water partition coefficient (Wildman–Crippen LogP) is 1.88. The van der Waals surface area contributed by atoms with Crippen molar-refractivity contribution in [2.24, 2.45) is 11.8 Å². The van der Waals surface area contributed by atoms with E-state index in [1.165, 1.54) is 6.42 Å². The summed E-state index contributed by atoms with van der Waals surface area (Å²) in [6, 6.07) is 0.202. The average Bonchev–Trinajstić information content (AvgIpc) is 2.38. The number of Topliss-reactive ketones (excluding diaryl/α,β-unsaturated/α-hetero) is 1. The lowest BCUT2D eigenvalue weighted by Crippen LogP contribution is -2.49. The van der Waals surface area contributed by atoms with Gasteiger partial charge < -0.3 is 10.6 Å². The molecule has 4 heteroatoms. The summed E-state index contributed by atoms with van der Waals surface area (Å²) >= 11 is 0. The van der Waals surface area contributed by atoms with Gasteiger partial charge in [-0.05, 0) is 40.2 Å². The van der Waals surface area contributed by atoms with E-state index in [2.05, 4.69) is 10.6 Å². The third kappa shape index (κ3) is 4.30. The monoisotopic (exact) mass is 268 g/mol. The molecular weight excluding hydrogens is 240 g/mol. The summed E-state index contributed by atoms with van der Waals surface area (Å²) in [6.45, 7) is 5.53. The molecule has 0 heterocycles. The molecule has 1 unspecified atom stereocenters. The van der Waals surface area contributed by atoms with Gasteiger partial charge in [0.1, 0.15) is 5.78 Å². The SMILES string of the molecule is CC[C@H](C(C)=O)[C@H](C)NC(=O)C1CCCC[C@H]1NC. The highest BCUT2D eigenvalue weighted by molar-refractivity contribution is 5.82. The standard InChI is InChI=1S/C15H28N2O2/c1-5-12(11(3)18)10(2)17-15(19)13-8-6-7-9-14(13)16-4/h10,12-14,16H,5-9H2,1-4H3,(H,17,19)/t10-,12-,13?,14+/m0/s1. The summed E-state index contributed by atoms with van der Waals surface area (Å²) in [5.41, 5.74) is 0. The van der Waals surface area contributed by atoms with Gasteiger partial charge in [0.2, 0.25) is 5.91 Å². The van der Waals surface area contributed by atoms with Crippen LogP contribution < -0.4 is 10.6 Å². The fourth-order valence-electron chi connectivity index (χ4n) is 3.22. The molecule has 110 valence electrons. The maximum atomic E-state index is 12.4. The van der Waals surface area contributed by atoms with E-state index in [1.54, 1.807) is 6.92 Å². The highest BCUT2D eigenvalue weighted by Gasteiger charge is 2.31. The third-order valence-corrected chi connectivity index (χ3v) is 4.41. The zero-order valence-corrected chi connectivity index (χ0v) is 12.7. The van der Waals surface area contributed by atoms with Crippen molar-refractivity contribution < 1.29 is 9.59 Å². The van der Waals surface area contributed by atoms with Crippen LogP contribution in [0.1, 0.15) is 52.9 Å². The maximum absolute atomic E-state index is 12.4. The largest absolute Gasteiger partial charge is 0.353 e. The van der Waals surface area contributed by atoms with Crippen LogP contribution in [0.5, 0.6) is 0 Å². The second kappa shape index (κ2) is 7.63. The summed E-state index contributed by atoms with van der Waals surface area (Å²) in [6.07, 6.45) is 5.09. The number of hydrogen-bond acceptors (Lipinski definition) is 3. The molecule has 1 amide bonds. The molecule has 4 atom stereocenters. The molecule has 19 heavy (non-hydrogen) atoms. The Hall–Kier alpha value is -0.900. The highest BCUT2D eigenvalue weighted by Crippen LogP contribution is 2.25. The van der Waals surface area contributed by atoms with E-state index in [0.717, 1.165) is 25.7 Å². The Bertz CT molecular complexity index is 317. The van der Waals surface area contributed by atoms with E-state index in [-0.39, 0.29) is 35.6 Å². The van der Waals surface area contributed by atoms with Crippen molar-refractivity contribution in [1.29, 1.82) is 0 Å². The fraction of sp³-hybridized carbons (Fsp3) is 0.867. The van der Waals surface area contributed by atoms with Gasteiger partial charge in [0.15, 0.2) is 0 Å². The minimum atomic E-state index is -0.0746. The molecule has 1 saturated carbocycles. The molecule has 0 aromatic rings. The molecule has 0 bridgehead atoms. The quantitative estimate of drug-likeness (QED) is 0.773. The number of rotatable bonds is 6. The number of nitrogens with one attached hydrogen (secondary N) is 2. The highest BCUT2D eigenvalue weighted by atomic mass is 16.2. The maximum Gasteiger partial charge on any atom is 0.224 e. The van der Waals surface area contributed by atoms with Gasteiger partial charge >= 0.3 is 0 Å². The Morgan fingerprint density at radius 2 is 1.89 bits per heavy atom. The number of carbonyl (C=O) groups excluding carboxylic acids is 2. The van der Waals surface area contributed by atoms with Gasteiger partial charge in [-0.25, -0.2) is 0 Å². The van der Waals surface area contributed by atoms with Gasteiger partial charge in [0.25, 0.3) is 0 Å². The van der Waals surface area contributed by atoms with Crippen LogP contribution in [0, 0.1) is 11.8 Å². The van der Waals surface area contributed by atoms with Crippen LogP contribution in [0.4, 0.5) is 0 Å². The van der Waals surface area contributed by atoms with Crippen LogP contribution in [-0.4, -0.2) is 30.8 Å². The first-order valence-electron chi connectivity index (χ1n) is 7.49. The summed E-state index contributed by atoms with van der Waals surface area (Å²) < 4.78 is 0. The molecular formula is C15H28N2O2. The summed E-state index contributed by atoms with van der Waals surface area (Å²) in [5.74, 6) is 0.238. The Morgan fingerprint density at radius 3 is 2.42 bits per heavy atom. The summed E-state index contributed by atoms with van der Waals surface area (Å²) in [7, 11) is 1.92. The predicted molar refractivity (Wildman–Crippen MR) is 76.9 cm³/mol. The van der Waals surface area contributed by atoms with E-state index in [1.807, 2.05) is 20.9 Å². The molecule has 0 aliphatic heterocycles. The molecule has 0 radical (unpaired) electrons. The molecule has 0 aromatic carbocycles. The van der Waals surface area contributed by atoms with Crippen molar-refractivity contribution in [3.63, 3.8) is 0 Å². The lowest BCUT2D eigenvalue weighted by Gasteiger charge is -2.32. The van der Waals surface area contributed by atoms with E-state index in [4.69, 9.17) is 0 Å². The third-order valence-electron chi connectivity index (χ3n) is 4.41. The van der Waals surface area contributed by atoms with E-state index < -0.39 is 0 Å². The molecule has 1 rings (SSSR count). The zero-order chi connectivity index (χ0) is 14.4. The van der Waals surface area contributed by atoms with Gasteiger partial charge in [-0.15, -0.1) is 0 Å². The van der Waals surface area contributed by atoms with Crippen molar-refractivity contribution in [3.05, 3.63) is 0 Å². The number of ketones is 1. The first-order chi connectivity index (χ1) is 9.01. The van der Waals surface area contributed by atoms with Crippen molar-refractivity contribution in [2.75, 3.05) is 7.05 Å². The summed E-state index contributed by atoms with van der Waals surface area (Å²) in [5, 5.41) is 6.29. The van der Waals surface area contributed by atoms with Crippen molar-refractivity contribution in [1.82, 2.24) is 10.6 Å². The van der Waals surface area contributed by atoms with Crippen molar-refractivity contribution in [3.8, 4) is 0 Å². The van der Waals surface area contributed by atoms with Crippen LogP contribution in [-0.2, 0) is 9.59 Å². The summed E-state index contributed by atoms with van der Waals surface area (Å²) in [4.78, 5) is 23.9. The number of amides is 1. The van der Waals surface area contributed by atoms with Gasteiger partial charge in [-0.1, -0.05) is 19.8 Å². The Balaban J connectivity index is 2.59. The lowest BCUT2D eigenvalue weighted by atomic mass is 9.83. The van der Waals surface area contributed by atoms with Gasteiger partial charge in [0.05, 0.1) is 5.92 Å². The Kier molecular flexibility index (Phi) is 6.49. The average molecular weight is 268 g/mol. The molecule has 2 N–H and O–H groups in total. The van der Waals surface area contributed by atoms with Crippen LogP contribution in [0.3, 0.4) is 0 Å². The van der Waals surface area contributed by atoms with Crippen molar-refractivity contribution in [2.45, 2.75) is 65.0 Å². The fourth-order valence-corrected chi connectivity index (χ4v) is 3.22. The van der Waals surface area contributed by atoms with Gasteiger partial charge in [-0.2, -0.15) is 0 Å². The topological polar surface area (TPSA) is 58.2 Å².